The van der Waals surface area contributed by atoms with Crippen molar-refractivity contribution in [1.29, 1.82) is 0 Å². The van der Waals surface area contributed by atoms with E-state index in [0.717, 1.165) is 11.7 Å². The number of rotatable bonds is 6. The van der Waals surface area contributed by atoms with Crippen LogP contribution in [0.25, 0.3) is 5.57 Å². The molecule has 4 heterocycles. The normalized spacial score (nSPS) is 21.7. The van der Waals surface area contributed by atoms with Crippen LogP contribution in [0.1, 0.15) is 28.2 Å². The van der Waals surface area contributed by atoms with Crippen LogP contribution in [-0.4, -0.2) is 60.8 Å². The summed E-state index contributed by atoms with van der Waals surface area (Å²) in [5.41, 5.74) is 1.95. The fourth-order valence-corrected chi connectivity index (χ4v) is 6.19. The molecule has 14 heteroatoms. The number of cyclic esters (lactones) is 1. The maximum atomic E-state index is 15.1. The molecule has 2 aromatic heterocycles. The molecule has 1 saturated heterocycles. The quantitative estimate of drug-likeness (QED) is 0.505. The van der Waals surface area contributed by atoms with E-state index < -0.39 is 33.7 Å². The molecule has 0 radical (unpaired) electrons. The molecule has 2 aliphatic rings. The minimum atomic E-state index is -2.81. The first-order chi connectivity index (χ1) is 17.3. The van der Waals surface area contributed by atoms with Gasteiger partial charge in [0.2, 0.25) is 0 Å². The summed E-state index contributed by atoms with van der Waals surface area (Å²) in [6.07, 6.45) is 2.36. The highest BCUT2D eigenvalue weighted by Crippen LogP contribution is 2.30. The lowest BCUT2D eigenvalue weighted by molar-refractivity contribution is 0.1000. The molecule has 1 fully saturated rings. The average molecular weight is 533 g/mol. The van der Waals surface area contributed by atoms with E-state index in [2.05, 4.69) is 23.6 Å². The van der Waals surface area contributed by atoms with Crippen molar-refractivity contribution in [1.82, 2.24) is 13.9 Å². The number of hydrogen-bond donors (Lipinski definition) is 1. The van der Waals surface area contributed by atoms with E-state index >= 15 is 4.39 Å². The van der Waals surface area contributed by atoms with Gasteiger partial charge in [0.15, 0.2) is 11.5 Å². The number of benzene rings is 1. The van der Waals surface area contributed by atoms with E-state index in [-0.39, 0.29) is 23.7 Å². The van der Waals surface area contributed by atoms with Gasteiger partial charge in [-0.05, 0) is 37.1 Å². The third-order valence-electron chi connectivity index (χ3n) is 5.82. The zero-order chi connectivity index (χ0) is 25.3. The SMILES string of the molecule is Cc1nsnc1C(=O)N=S1(=O)CC=C(c2ccc(N3C[C@H](CNc4ccon4)OC3=O)cc2F)CC1. The predicted octanol–water partition coefficient (Wildman–Crippen LogP) is 3.51. The van der Waals surface area contributed by atoms with Crippen molar-refractivity contribution in [3.63, 3.8) is 0 Å². The van der Waals surface area contributed by atoms with Crippen LogP contribution in [0.5, 0.6) is 0 Å². The Morgan fingerprint density at radius 3 is 2.89 bits per heavy atom. The third-order valence-corrected chi connectivity index (χ3v) is 8.47. The largest absolute Gasteiger partial charge is 0.442 e. The van der Waals surface area contributed by atoms with Crippen LogP contribution in [0.4, 0.5) is 20.7 Å². The highest BCUT2D eigenvalue weighted by atomic mass is 32.2. The van der Waals surface area contributed by atoms with Crippen molar-refractivity contribution in [3.05, 3.63) is 59.4 Å². The summed E-state index contributed by atoms with van der Waals surface area (Å²) >= 11 is 0.898. The van der Waals surface area contributed by atoms with Crippen molar-refractivity contribution in [2.24, 2.45) is 4.36 Å². The number of allylic oxidation sites excluding steroid dienone is 1. The number of ether oxygens (including phenoxy) is 1. The fraction of sp³-hybridized carbons (Fsp3) is 0.318. The number of aryl methyl sites for hydroxylation is 1. The summed E-state index contributed by atoms with van der Waals surface area (Å²) in [5, 5.41) is 6.74. The summed E-state index contributed by atoms with van der Waals surface area (Å²) < 4.78 is 50.0. The highest BCUT2D eigenvalue weighted by Gasteiger charge is 2.33. The predicted molar refractivity (Wildman–Crippen MR) is 131 cm³/mol. The third kappa shape index (κ3) is 4.99. The van der Waals surface area contributed by atoms with Crippen LogP contribution >= 0.6 is 11.7 Å². The van der Waals surface area contributed by atoms with E-state index in [9.17, 15) is 13.8 Å². The van der Waals surface area contributed by atoms with Crippen molar-refractivity contribution in [2.75, 3.05) is 34.8 Å². The minimum Gasteiger partial charge on any atom is -0.442 e. The van der Waals surface area contributed by atoms with E-state index in [1.807, 2.05) is 0 Å². The maximum absolute atomic E-state index is 15.1. The molecule has 0 saturated carbocycles. The van der Waals surface area contributed by atoms with Crippen LogP contribution < -0.4 is 10.2 Å². The van der Waals surface area contributed by atoms with Gasteiger partial charge in [-0.2, -0.15) is 13.1 Å². The molecule has 3 aromatic rings. The topological polar surface area (TPSA) is 140 Å². The second kappa shape index (κ2) is 9.78. The Labute approximate surface area is 209 Å². The van der Waals surface area contributed by atoms with E-state index in [1.54, 1.807) is 31.2 Å². The second-order valence-corrected chi connectivity index (χ2v) is 11.3. The Morgan fingerprint density at radius 1 is 1.36 bits per heavy atom. The first-order valence-electron chi connectivity index (χ1n) is 11.0. The summed E-state index contributed by atoms with van der Waals surface area (Å²) in [6.45, 7) is 2.21. The van der Waals surface area contributed by atoms with Crippen LogP contribution in [0.3, 0.4) is 0 Å². The number of hydrogen-bond acceptors (Lipinski definition) is 10. The van der Waals surface area contributed by atoms with Gasteiger partial charge in [0.05, 0.1) is 51.7 Å². The Balaban J connectivity index is 1.26. The lowest BCUT2D eigenvalue weighted by Crippen LogP contribution is -2.27. The molecular formula is C22H21FN6O5S2. The Morgan fingerprint density at radius 2 is 2.22 bits per heavy atom. The summed E-state index contributed by atoms with van der Waals surface area (Å²) in [5.74, 6) is -0.477. The molecule has 2 aliphatic heterocycles. The van der Waals surface area contributed by atoms with Crippen LogP contribution in [0.15, 0.2) is 45.5 Å². The van der Waals surface area contributed by atoms with Crippen molar-refractivity contribution in [2.45, 2.75) is 19.4 Å². The average Bonchev–Trinajstić information content (AvgIpc) is 3.60. The highest BCUT2D eigenvalue weighted by molar-refractivity contribution is 7.94. The van der Waals surface area contributed by atoms with Crippen molar-refractivity contribution >= 4 is 50.5 Å². The lowest BCUT2D eigenvalue weighted by Gasteiger charge is -2.19. The van der Waals surface area contributed by atoms with Gasteiger partial charge < -0.3 is 14.6 Å². The number of carbonyl (C=O) groups excluding carboxylic acids is 2. The Bertz CT molecular complexity index is 1460. The summed E-state index contributed by atoms with van der Waals surface area (Å²) in [4.78, 5) is 26.0. The first kappa shape index (κ1) is 24.1. The number of halogens is 1. The minimum absolute atomic E-state index is 0.0323. The molecule has 36 heavy (non-hydrogen) atoms. The number of carbonyl (C=O) groups is 2. The molecular weight excluding hydrogens is 511 g/mol. The molecule has 1 N–H and O–H groups in total. The monoisotopic (exact) mass is 532 g/mol. The van der Waals surface area contributed by atoms with Gasteiger partial charge in [-0.25, -0.2) is 13.4 Å². The zero-order valence-corrected chi connectivity index (χ0v) is 20.7. The van der Waals surface area contributed by atoms with Gasteiger partial charge in [0, 0.05) is 17.4 Å². The molecule has 2 amide bonds. The number of anilines is 2. The maximum Gasteiger partial charge on any atom is 0.414 e. The first-order valence-corrected chi connectivity index (χ1v) is 13.6. The van der Waals surface area contributed by atoms with Gasteiger partial charge in [0.1, 0.15) is 18.2 Å². The second-order valence-electron chi connectivity index (χ2n) is 8.26. The van der Waals surface area contributed by atoms with Gasteiger partial charge in [-0.3, -0.25) is 9.69 Å². The standard InChI is InChI=1S/C22H21FN6O5S2/c1-13-20(27-35-26-13)21(30)28-36(32)8-5-14(6-9-36)17-3-2-15(10-18(17)23)29-12-16(34-22(29)31)11-24-19-4-7-33-25-19/h2-5,7,10,16H,6,8-9,11-12H2,1H3,(H,24,25)/t16-,36?/m0/s1. The zero-order valence-electron chi connectivity index (χ0n) is 19.0. The number of nitrogens with zero attached hydrogens (tertiary/aromatic N) is 5. The lowest BCUT2D eigenvalue weighted by atomic mass is 10.0. The molecule has 1 aromatic carbocycles. The van der Waals surface area contributed by atoms with Gasteiger partial charge in [0.25, 0.3) is 0 Å². The molecule has 1 unspecified atom stereocenters. The molecule has 0 spiro atoms. The van der Waals surface area contributed by atoms with Crippen molar-refractivity contribution in [3.8, 4) is 0 Å². The number of aromatic nitrogens is 3. The Hall–Kier alpha value is -3.65. The molecule has 11 nitrogen and oxygen atoms in total. The van der Waals surface area contributed by atoms with Crippen LogP contribution in [-0.2, 0) is 14.5 Å². The fourth-order valence-electron chi connectivity index (χ4n) is 3.93. The number of amides is 2. The van der Waals surface area contributed by atoms with Gasteiger partial charge in [-0.1, -0.05) is 11.2 Å². The molecule has 5 rings (SSSR count). The van der Waals surface area contributed by atoms with Gasteiger partial charge in [-0.15, -0.1) is 0 Å². The number of nitrogens with one attached hydrogen (secondary N) is 1. The van der Waals surface area contributed by atoms with Crippen LogP contribution in [0.2, 0.25) is 0 Å². The van der Waals surface area contributed by atoms with E-state index in [1.165, 1.54) is 17.2 Å². The molecule has 0 aliphatic carbocycles. The molecule has 0 bridgehead atoms. The van der Waals surface area contributed by atoms with E-state index in [0.29, 0.717) is 41.3 Å². The molecule has 2 atom stereocenters. The smallest absolute Gasteiger partial charge is 0.414 e. The summed E-state index contributed by atoms with van der Waals surface area (Å²) in [6, 6.07) is 6.16. The van der Waals surface area contributed by atoms with Crippen molar-refractivity contribution < 1.29 is 27.4 Å². The molecule has 188 valence electrons. The Kier molecular flexibility index (Phi) is 6.53. The summed E-state index contributed by atoms with van der Waals surface area (Å²) in [7, 11) is -2.81. The van der Waals surface area contributed by atoms with E-state index in [4.69, 9.17) is 9.26 Å². The van der Waals surface area contributed by atoms with Crippen LogP contribution in [0, 0.1) is 12.7 Å². The van der Waals surface area contributed by atoms with Gasteiger partial charge >= 0.3 is 12.0 Å².